The second-order valence-electron chi connectivity index (χ2n) is 8.47. The van der Waals surface area contributed by atoms with Gasteiger partial charge in [0.05, 0.1) is 5.92 Å². The molecule has 0 saturated carbocycles. The van der Waals surface area contributed by atoms with Crippen molar-refractivity contribution in [3.63, 3.8) is 0 Å². The van der Waals surface area contributed by atoms with Gasteiger partial charge in [-0.15, -0.1) is 0 Å². The van der Waals surface area contributed by atoms with Crippen molar-refractivity contribution in [3.8, 4) is 0 Å². The highest BCUT2D eigenvalue weighted by Gasteiger charge is 2.49. The predicted octanol–water partition coefficient (Wildman–Crippen LogP) is 1.36. The van der Waals surface area contributed by atoms with E-state index in [1.165, 1.54) is 0 Å². The van der Waals surface area contributed by atoms with Crippen molar-refractivity contribution in [3.05, 3.63) is 29.8 Å². The lowest BCUT2D eigenvalue weighted by Crippen LogP contribution is -2.56. The molecule has 1 aromatic rings. The largest absolute Gasteiger partial charge is 0.342 e. The molecule has 0 radical (unpaired) electrons. The fraction of sp³-hybridized carbons (Fsp3) is 0.524. The summed E-state index contributed by atoms with van der Waals surface area (Å²) in [5.74, 6) is -0.437. The van der Waals surface area contributed by atoms with E-state index in [1.54, 1.807) is 9.80 Å². The van der Waals surface area contributed by atoms with Crippen LogP contribution in [0.4, 0.5) is 10.5 Å². The van der Waals surface area contributed by atoms with Gasteiger partial charge in [-0.1, -0.05) is 26.0 Å². The van der Waals surface area contributed by atoms with Crippen molar-refractivity contribution in [2.24, 2.45) is 5.92 Å². The van der Waals surface area contributed by atoms with Gasteiger partial charge in [-0.05, 0) is 36.5 Å². The number of amides is 5. The number of likely N-dealkylation sites (tertiary alicyclic amines) is 1. The fourth-order valence-electron chi connectivity index (χ4n) is 4.42. The lowest BCUT2D eigenvalue weighted by atomic mass is 9.87. The Morgan fingerprint density at radius 1 is 1.17 bits per heavy atom. The second-order valence-corrected chi connectivity index (χ2v) is 8.47. The fourth-order valence-corrected chi connectivity index (χ4v) is 4.42. The maximum absolute atomic E-state index is 13.0. The Morgan fingerprint density at radius 2 is 1.90 bits per heavy atom. The monoisotopic (exact) mass is 398 g/mol. The third kappa shape index (κ3) is 3.47. The van der Waals surface area contributed by atoms with Gasteiger partial charge in [0, 0.05) is 31.7 Å². The molecule has 2 N–H and O–H groups in total. The lowest BCUT2D eigenvalue weighted by Gasteiger charge is -2.37. The zero-order chi connectivity index (χ0) is 20.8. The Morgan fingerprint density at radius 3 is 2.52 bits per heavy atom. The summed E-state index contributed by atoms with van der Waals surface area (Å²) in [5.41, 5.74) is 1.09. The number of piperidine rings is 1. The van der Waals surface area contributed by atoms with Gasteiger partial charge in [-0.2, -0.15) is 0 Å². The molecule has 3 aliphatic heterocycles. The first kappa shape index (κ1) is 19.4. The van der Waals surface area contributed by atoms with E-state index >= 15 is 0 Å². The van der Waals surface area contributed by atoms with Gasteiger partial charge in [-0.3, -0.25) is 19.7 Å². The minimum Gasteiger partial charge on any atom is -0.342 e. The summed E-state index contributed by atoms with van der Waals surface area (Å²) in [5, 5.41) is 4.97. The van der Waals surface area contributed by atoms with Crippen LogP contribution in [-0.2, 0) is 14.4 Å². The Kier molecular flexibility index (Phi) is 4.80. The van der Waals surface area contributed by atoms with Crippen molar-refractivity contribution in [2.75, 3.05) is 24.5 Å². The van der Waals surface area contributed by atoms with Crippen LogP contribution in [0.5, 0.6) is 0 Å². The van der Waals surface area contributed by atoms with Gasteiger partial charge in [0.25, 0.3) is 5.91 Å². The Hall–Kier alpha value is -2.90. The van der Waals surface area contributed by atoms with Crippen LogP contribution in [0.2, 0.25) is 0 Å². The molecule has 4 rings (SSSR count). The number of hydrogen-bond donors (Lipinski definition) is 2. The zero-order valence-electron chi connectivity index (χ0n) is 16.7. The molecule has 8 heteroatoms. The molecule has 1 spiro atoms. The number of carbonyl (C=O) groups excluding carboxylic acids is 4. The molecule has 3 heterocycles. The highest BCUT2D eigenvalue weighted by Crippen LogP contribution is 2.31. The molecule has 3 fully saturated rings. The van der Waals surface area contributed by atoms with Crippen molar-refractivity contribution in [2.45, 2.75) is 44.6 Å². The van der Waals surface area contributed by atoms with E-state index in [9.17, 15) is 19.2 Å². The van der Waals surface area contributed by atoms with E-state index in [4.69, 9.17) is 0 Å². The van der Waals surface area contributed by atoms with Crippen LogP contribution < -0.4 is 15.5 Å². The third-order valence-electron chi connectivity index (χ3n) is 6.27. The number of nitrogens with zero attached hydrogens (tertiary/aromatic N) is 2. The minimum absolute atomic E-state index is 0.0415. The van der Waals surface area contributed by atoms with Crippen LogP contribution in [-0.4, -0.2) is 53.8 Å². The second kappa shape index (κ2) is 7.17. The lowest BCUT2D eigenvalue weighted by molar-refractivity contribution is -0.139. The number of carbonyl (C=O) groups is 4. The molecule has 5 amide bonds. The van der Waals surface area contributed by atoms with Crippen molar-refractivity contribution < 1.29 is 19.2 Å². The first-order chi connectivity index (χ1) is 13.8. The van der Waals surface area contributed by atoms with E-state index in [0.717, 1.165) is 11.3 Å². The molecule has 8 nitrogen and oxygen atoms in total. The minimum atomic E-state index is -0.900. The first-order valence-corrected chi connectivity index (χ1v) is 10.1. The molecular formula is C21H26N4O4. The van der Waals surface area contributed by atoms with Crippen molar-refractivity contribution >= 4 is 29.4 Å². The van der Waals surface area contributed by atoms with Crippen LogP contribution in [0.15, 0.2) is 24.3 Å². The van der Waals surface area contributed by atoms with E-state index in [1.807, 2.05) is 24.3 Å². The topological polar surface area (TPSA) is 98.8 Å². The molecule has 3 saturated heterocycles. The van der Waals surface area contributed by atoms with E-state index in [2.05, 4.69) is 24.5 Å². The standard InChI is InChI=1S/C21H26N4O4/c1-13(2)14-4-3-5-16(10-14)25-12-15(11-17(25)26)18(27)24-8-6-21(7-9-24)19(28)22-20(29)23-21/h3-5,10,13,15H,6-9,11-12H2,1-2H3,(H2,22,23,28,29)/t15-/m1/s1. The number of urea groups is 1. The molecule has 0 aliphatic carbocycles. The van der Waals surface area contributed by atoms with Crippen LogP contribution >= 0.6 is 0 Å². The van der Waals surface area contributed by atoms with Gasteiger partial charge in [-0.25, -0.2) is 4.79 Å². The molecule has 0 unspecified atom stereocenters. The molecule has 0 aromatic heterocycles. The average molecular weight is 398 g/mol. The summed E-state index contributed by atoms with van der Waals surface area (Å²) < 4.78 is 0. The van der Waals surface area contributed by atoms with E-state index in [0.29, 0.717) is 38.4 Å². The predicted molar refractivity (Wildman–Crippen MR) is 106 cm³/mol. The first-order valence-electron chi connectivity index (χ1n) is 10.1. The SMILES string of the molecule is CC(C)c1cccc(N2C[C@H](C(=O)N3CCC4(CC3)NC(=O)NC4=O)CC2=O)c1. The molecular weight excluding hydrogens is 372 g/mol. The number of nitrogens with one attached hydrogen (secondary N) is 2. The van der Waals surface area contributed by atoms with Crippen LogP contribution in [0.1, 0.15) is 44.6 Å². The van der Waals surface area contributed by atoms with E-state index in [-0.39, 0.29) is 30.1 Å². The normalized spacial score (nSPS) is 23.7. The number of rotatable bonds is 3. The van der Waals surface area contributed by atoms with Gasteiger partial charge < -0.3 is 15.1 Å². The maximum Gasteiger partial charge on any atom is 0.322 e. The third-order valence-corrected chi connectivity index (χ3v) is 6.27. The van der Waals surface area contributed by atoms with Gasteiger partial charge >= 0.3 is 6.03 Å². The van der Waals surface area contributed by atoms with E-state index < -0.39 is 11.6 Å². The average Bonchev–Trinajstić information content (AvgIpc) is 3.21. The number of benzene rings is 1. The Balaban J connectivity index is 1.41. The van der Waals surface area contributed by atoms with Gasteiger partial charge in [0.2, 0.25) is 11.8 Å². The summed E-state index contributed by atoms with van der Waals surface area (Å²) in [6.45, 7) is 5.36. The zero-order valence-corrected chi connectivity index (χ0v) is 16.7. The van der Waals surface area contributed by atoms with Crippen molar-refractivity contribution in [1.29, 1.82) is 0 Å². The highest BCUT2D eigenvalue weighted by molar-refractivity contribution is 6.07. The van der Waals surface area contributed by atoms with Crippen LogP contribution in [0.25, 0.3) is 0 Å². The summed E-state index contributed by atoms with van der Waals surface area (Å²) in [4.78, 5) is 52.5. The van der Waals surface area contributed by atoms with Crippen LogP contribution in [0, 0.1) is 5.92 Å². The molecule has 1 aromatic carbocycles. The number of hydrogen-bond acceptors (Lipinski definition) is 4. The Bertz CT molecular complexity index is 873. The quantitative estimate of drug-likeness (QED) is 0.751. The Labute approximate surface area is 169 Å². The van der Waals surface area contributed by atoms with Crippen LogP contribution in [0.3, 0.4) is 0 Å². The number of imide groups is 1. The van der Waals surface area contributed by atoms with Gasteiger partial charge in [0.15, 0.2) is 0 Å². The molecule has 0 bridgehead atoms. The molecule has 154 valence electrons. The summed E-state index contributed by atoms with van der Waals surface area (Å²) in [6, 6.07) is 7.43. The van der Waals surface area contributed by atoms with Crippen molar-refractivity contribution in [1.82, 2.24) is 15.5 Å². The molecule has 1 atom stereocenters. The smallest absolute Gasteiger partial charge is 0.322 e. The summed E-state index contributed by atoms with van der Waals surface area (Å²) in [7, 11) is 0. The van der Waals surface area contributed by atoms with Gasteiger partial charge in [0.1, 0.15) is 5.54 Å². The molecule has 29 heavy (non-hydrogen) atoms. The summed E-state index contributed by atoms with van der Waals surface area (Å²) >= 11 is 0. The summed E-state index contributed by atoms with van der Waals surface area (Å²) in [6.07, 6.45) is 0.970. The molecule has 3 aliphatic rings. The number of anilines is 1. The maximum atomic E-state index is 13.0. The highest BCUT2D eigenvalue weighted by atomic mass is 16.2.